The van der Waals surface area contributed by atoms with Crippen LogP contribution in [-0.2, 0) is 4.74 Å². The Morgan fingerprint density at radius 1 is 1.60 bits per heavy atom. The number of nitrogens with zero attached hydrogens (tertiary/aromatic N) is 1. The van der Waals surface area contributed by atoms with Crippen molar-refractivity contribution >= 4 is 17.2 Å². The molecule has 1 atom stereocenters. The van der Waals surface area contributed by atoms with Gasteiger partial charge < -0.3 is 14.5 Å². The third-order valence-corrected chi connectivity index (χ3v) is 4.18. The first-order valence-electron chi connectivity index (χ1n) is 6.61. The number of carbonyl (C=O) groups is 1. The maximum atomic E-state index is 12.1. The molecule has 1 aliphatic rings. The number of carbonyl (C=O) groups excluding carboxylic acids is 1. The Labute approximate surface area is 121 Å². The maximum absolute atomic E-state index is 12.1. The van der Waals surface area contributed by atoms with E-state index in [1.807, 2.05) is 17.5 Å². The minimum absolute atomic E-state index is 0.180. The topological polar surface area (TPSA) is 64.4 Å². The molecule has 106 valence electrons. The first kappa shape index (κ1) is 13.3. The van der Waals surface area contributed by atoms with Crippen LogP contribution >= 0.6 is 11.3 Å². The molecule has 20 heavy (non-hydrogen) atoms. The van der Waals surface area contributed by atoms with Gasteiger partial charge in [0.05, 0.1) is 11.5 Å². The van der Waals surface area contributed by atoms with Crippen molar-refractivity contribution in [3.8, 4) is 10.8 Å². The van der Waals surface area contributed by atoms with Crippen LogP contribution in [0.4, 0.5) is 0 Å². The molecule has 1 N–H and O–H groups in total. The van der Waals surface area contributed by atoms with Gasteiger partial charge in [-0.2, -0.15) is 0 Å². The normalized spacial score (nSPS) is 18.4. The van der Waals surface area contributed by atoms with Crippen LogP contribution in [0.3, 0.4) is 0 Å². The van der Waals surface area contributed by atoms with E-state index < -0.39 is 0 Å². The number of aromatic nitrogens is 1. The number of nitrogens with one attached hydrogen (secondary N) is 1. The molecule has 0 spiro atoms. The number of rotatable bonds is 4. The molecule has 0 aliphatic carbocycles. The molecule has 1 fully saturated rings. The molecular formula is C14H16N2O3S. The van der Waals surface area contributed by atoms with Crippen LogP contribution in [0.5, 0.6) is 0 Å². The largest absolute Gasteiger partial charge is 0.440 e. The summed E-state index contributed by atoms with van der Waals surface area (Å²) in [7, 11) is 0. The van der Waals surface area contributed by atoms with E-state index in [1.54, 1.807) is 6.92 Å². The van der Waals surface area contributed by atoms with Crippen molar-refractivity contribution in [1.29, 1.82) is 0 Å². The summed E-state index contributed by atoms with van der Waals surface area (Å²) in [5, 5.41) is 4.86. The minimum Gasteiger partial charge on any atom is -0.440 e. The zero-order valence-corrected chi connectivity index (χ0v) is 12.0. The Hall–Kier alpha value is -1.66. The zero-order valence-electron chi connectivity index (χ0n) is 11.2. The minimum atomic E-state index is -0.180. The van der Waals surface area contributed by atoms with Crippen LogP contribution < -0.4 is 5.32 Å². The van der Waals surface area contributed by atoms with E-state index in [-0.39, 0.29) is 5.91 Å². The summed E-state index contributed by atoms with van der Waals surface area (Å²) in [5.74, 6) is 1.28. The van der Waals surface area contributed by atoms with Gasteiger partial charge in [-0.05, 0) is 24.8 Å². The van der Waals surface area contributed by atoms with Crippen molar-refractivity contribution in [2.24, 2.45) is 5.92 Å². The van der Waals surface area contributed by atoms with Gasteiger partial charge in [0.15, 0.2) is 5.69 Å². The smallest absolute Gasteiger partial charge is 0.273 e. The molecule has 2 aromatic rings. The monoisotopic (exact) mass is 292 g/mol. The Morgan fingerprint density at radius 3 is 3.20 bits per heavy atom. The van der Waals surface area contributed by atoms with Crippen molar-refractivity contribution < 1.29 is 13.9 Å². The molecule has 3 rings (SSSR count). The highest BCUT2D eigenvalue weighted by Crippen LogP contribution is 2.25. The molecule has 1 aliphatic heterocycles. The average molecular weight is 292 g/mol. The molecule has 1 saturated heterocycles. The van der Waals surface area contributed by atoms with E-state index in [4.69, 9.17) is 9.15 Å². The Morgan fingerprint density at radius 2 is 2.50 bits per heavy atom. The lowest BCUT2D eigenvalue weighted by Crippen LogP contribution is -2.30. The number of hydrogen-bond donors (Lipinski definition) is 1. The first-order chi connectivity index (χ1) is 9.74. The molecule has 0 aromatic carbocycles. The third-order valence-electron chi connectivity index (χ3n) is 3.32. The van der Waals surface area contributed by atoms with Gasteiger partial charge in [-0.15, -0.1) is 11.3 Å². The molecule has 0 bridgehead atoms. The van der Waals surface area contributed by atoms with Gasteiger partial charge >= 0.3 is 0 Å². The van der Waals surface area contributed by atoms with Gasteiger partial charge in [-0.1, -0.05) is 6.07 Å². The van der Waals surface area contributed by atoms with Crippen LogP contribution in [0, 0.1) is 12.8 Å². The fourth-order valence-corrected chi connectivity index (χ4v) is 2.83. The summed E-state index contributed by atoms with van der Waals surface area (Å²) in [5.41, 5.74) is 0.368. The van der Waals surface area contributed by atoms with Crippen molar-refractivity contribution in [2.75, 3.05) is 19.8 Å². The molecule has 1 amide bonds. The van der Waals surface area contributed by atoms with Crippen molar-refractivity contribution in [3.05, 3.63) is 29.0 Å². The van der Waals surface area contributed by atoms with Crippen LogP contribution in [0.15, 0.2) is 21.9 Å². The highest BCUT2D eigenvalue weighted by Gasteiger charge is 2.21. The molecular weight excluding hydrogens is 276 g/mol. The fourth-order valence-electron chi connectivity index (χ4n) is 2.18. The molecule has 0 unspecified atom stereocenters. The standard InChI is InChI=1S/C14H16N2O3S/c1-9-12(13(17)15-7-10-4-5-18-8-10)16-14(19-9)11-3-2-6-20-11/h2-3,6,10H,4-5,7-8H2,1H3,(H,15,17)/t10-/m0/s1. The van der Waals surface area contributed by atoms with Crippen LogP contribution in [0.25, 0.3) is 10.8 Å². The molecule has 0 radical (unpaired) electrons. The van der Waals surface area contributed by atoms with Gasteiger partial charge in [0.2, 0.25) is 5.89 Å². The Bertz CT molecular complexity index is 586. The quantitative estimate of drug-likeness (QED) is 0.940. The van der Waals surface area contributed by atoms with Gasteiger partial charge in [-0.3, -0.25) is 4.79 Å². The van der Waals surface area contributed by atoms with Gasteiger partial charge in [0.1, 0.15) is 5.76 Å². The zero-order chi connectivity index (χ0) is 13.9. The Balaban J connectivity index is 1.68. The van der Waals surface area contributed by atoms with E-state index in [0.29, 0.717) is 29.8 Å². The van der Waals surface area contributed by atoms with Crippen LogP contribution in [0.2, 0.25) is 0 Å². The van der Waals surface area contributed by atoms with Gasteiger partial charge in [0.25, 0.3) is 5.91 Å². The van der Waals surface area contributed by atoms with Crippen LogP contribution in [-0.4, -0.2) is 30.6 Å². The van der Waals surface area contributed by atoms with E-state index in [0.717, 1.165) is 24.5 Å². The number of aryl methyl sites for hydroxylation is 1. The summed E-state index contributed by atoms with van der Waals surface area (Å²) in [6.07, 6.45) is 0.999. The molecule has 2 aromatic heterocycles. The third kappa shape index (κ3) is 2.76. The first-order valence-corrected chi connectivity index (χ1v) is 7.49. The van der Waals surface area contributed by atoms with E-state index in [1.165, 1.54) is 11.3 Å². The van der Waals surface area contributed by atoms with Crippen molar-refractivity contribution in [3.63, 3.8) is 0 Å². The summed E-state index contributed by atoms with van der Waals surface area (Å²) < 4.78 is 10.9. The molecule has 0 saturated carbocycles. The summed E-state index contributed by atoms with van der Waals surface area (Å²) in [4.78, 5) is 17.4. The summed E-state index contributed by atoms with van der Waals surface area (Å²) in [6.45, 7) is 3.89. The molecule has 6 heteroatoms. The lowest BCUT2D eigenvalue weighted by Gasteiger charge is -2.07. The summed E-state index contributed by atoms with van der Waals surface area (Å²) >= 11 is 1.54. The van der Waals surface area contributed by atoms with Gasteiger partial charge in [-0.25, -0.2) is 4.98 Å². The van der Waals surface area contributed by atoms with Crippen LogP contribution in [0.1, 0.15) is 22.7 Å². The lowest BCUT2D eigenvalue weighted by molar-refractivity contribution is 0.0939. The van der Waals surface area contributed by atoms with E-state index >= 15 is 0 Å². The second kappa shape index (κ2) is 5.76. The second-order valence-corrected chi connectivity index (χ2v) is 5.79. The second-order valence-electron chi connectivity index (χ2n) is 4.84. The maximum Gasteiger partial charge on any atom is 0.273 e. The number of hydrogen-bond acceptors (Lipinski definition) is 5. The SMILES string of the molecule is Cc1oc(-c2cccs2)nc1C(=O)NC[C@@H]1CCOC1. The van der Waals surface area contributed by atoms with E-state index in [9.17, 15) is 4.79 Å². The predicted molar refractivity (Wildman–Crippen MR) is 75.8 cm³/mol. The summed E-state index contributed by atoms with van der Waals surface area (Å²) in [6, 6.07) is 3.85. The highest BCUT2D eigenvalue weighted by atomic mass is 32.1. The predicted octanol–water partition coefficient (Wildman–Crippen LogP) is 2.48. The average Bonchev–Trinajstić information content (AvgIpc) is 3.17. The number of ether oxygens (including phenoxy) is 1. The number of oxazole rings is 1. The molecule has 5 nitrogen and oxygen atoms in total. The highest BCUT2D eigenvalue weighted by molar-refractivity contribution is 7.13. The van der Waals surface area contributed by atoms with Gasteiger partial charge in [0, 0.05) is 19.1 Å². The Kier molecular flexibility index (Phi) is 3.84. The number of thiophene rings is 1. The van der Waals surface area contributed by atoms with Crippen molar-refractivity contribution in [2.45, 2.75) is 13.3 Å². The molecule has 3 heterocycles. The van der Waals surface area contributed by atoms with Crippen molar-refractivity contribution in [1.82, 2.24) is 10.3 Å². The number of amides is 1. The lowest BCUT2D eigenvalue weighted by atomic mass is 10.1. The van der Waals surface area contributed by atoms with E-state index in [2.05, 4.69) is 10.3 Å². The fraction of sp³-hybridized carbons (Fsp3) is 0.429.